The molecule has 0 radical (unpaired) electrons. The normalized spacial score (nSPS) is 12.4. The second kappa shape index (κ2) is 13.8. The third kappa shape index (κ3) is 9.37. The highest BCUT2D eigenvalue weighted by molar-refractivity contribution is 5.93. The Morgan fingerprint density at radius 3 is 2.26 bits per heavy atom. The summed E-state index contributed by atoms with van der Waals surface area (Å²) in [5.41, 5.74) is -0.144. The van der Waals surface area contributed by atoms with Crippen molar-refractivity contribution < 1.29 is 38.9 Å². The minimum absolute atomic E-state index is 0.0106. The van der Waals surface area contributed by atoms with Crippen LogP contribution in [-0.4, -0.2) is 70.8 Å². The first-order valence-corrected chi connectivity index (χ1v) is 12.2. The van der Waals surface area contributed by atoms with Gasteiger partial charge in [0.05, 0.1) is 7.11 Å². The Balaban J connectivity index is 2.53. The van der Waals surface area contributed by atoms with Gasteiger partial charge in [0, 0.05) is 18.5 Å². The molecule has 2 aromatic rings. The predicted octanol–water partition coefficient (Wildman–Crippen LogP) is 2.58. The number of amides is 3. The molecule has 4 N–H and O–H groups in total. The number of hydrogen-bond donors (Lipinski definition) is 4. The number of rotatable bonds is 11. The molecule has 0 aliphatic carbocycles. The van der Waals surface area contributed by atoms with Gasteiger partial charge in [0.25, 0.3) is 0 Å². The lowest BCUT2D eigenvalue weighted by Gasteiger charge is -2.34. The highest BCUT2D eigenvalue weighted by Gasteiger charge is 2.37. The van der Waals surface area contributed by atoms with Crippen molar-refractivity contribution in [1.82, 2.24) is 15.5 Å². The summed E-state index contributed by atoms with van der Waals surface area (Å²) < 4.78 is 9.94. The fourth-order valence-corrected chi connectivity index (χ4v) is 3.68. The smallest absolute Gasteiger partial charge is 0.408 e. The number of nitrogens with zero attached hydrogens (tertiary/aromatic N) is 1. The number of benzene rings is 2. The molecule has 210 valence electrons. The molecule has 0 spiro atoms. The maximum atomic E-state index is 14.0. The van der Waals surface area contributed by atoms with Gasteiger partial charge in [0.15, 0.2) is 0 Å². The van der Waals surface area contributed by atoms with Gasteiger partial charge in [0.2, 0.25) is 11.8 Å². The number of hydrogen-bond acceptors (Lipinski definition) is 8. The van der Waals surface area contributed by atoms with Crippen molar-refractivity contribution in [1.29, 1.82) is 0 Å². The van der Waals surface area contributed by atoms with Crippen LogP contribution in [0.15, 0.2) is 61.2 Å². The Labute approximate surface area is 227 Å². The van der Waals surface area contributed by atoms with E-state index >= 15 is 0 Å². The largest absolute Gasteiger partial charge is 0.508 e. The van der Waals surface area contributed by atoms with Crippen LogP contribution in [0, 0.1) is 0 Å². The molecule has 0 saturated heterocycles. The highest BCUT2D eigenvalue weighted by atomic mass is 16.6. The van der Waals surface area contributed by atoms with E-state index in [1.54, 1.807) is 45.0 Å². The van der Waals surface area contributed by atoms with Gasteiger partial charge in [-0.05, 0) is 44.5 Å². The lowest BCUT2D eigenvalue weighted by atomic mass is 9.99. The summed E-state index contributed by atoms with van der Waals surface area (Å²) in [6.07, 6.45) is 0.528. The molecule has 0 aromatic heterocycles. The molecule has 39 heavy (non-hydrogen) atoms. The number of esters is 1. The molecule has 0 saturated carbocycles. The summed E-state index contributed by atoms with van der Waals surface area (Å²) in [5, 5.41) is 25.2. The van der Waals surface area contributed by atoms with Crippen LogP contribution in [0.25, 0.3) is 0 Å². The van der Waals surface area contributed by atoms with Crippen LogP contribution in [0.1, 0.15) is 37.9 Å². The molecule has 0 fully saturated rings. The average molecular weight is 542 g/mol. The zero-order chi connectivity index (χ0) is 29.2. The van der Waals surface area contributed by atoms with E-state index in [1.165, 1.54) is 37.5 Å². The van der Waals surface area contributed by atoms with Crippen LogP contribution in [0.3, 0.4) is 0 Å². The predicted molar refractivity (Wildman–Crippen MR) is 143 cm³/mol. The maximum absolute atomic E-state index is 14.0. The van der Waals surface area contributed by atoms with Crippen molar-refractivity contribution in [2.45, 2.75) is 44.9 Å². The molecule has 0 bridgehead atoms. The SMILES string of the molecule is C=CCN(C(=O)C(Cc1ccc(O)cc1)NC(=O)OC(C)(C)C)C(C(=O)NCC(=O)OC)c1ccccc1O. The van der Waals surface area contributed by atoms with Gasteiger partial charge in [0.1, 0.15) is 35.7 Å². The minimum Gasteiger partial charge on any atom is -0.508 e. The second-order valence-electron chi connectivity index (χ2n) is 9.60. The van der Waals surface area contributed by atoms with Gasteiger partial charge in [-0.25, -0.2) is 4.79 Å². The molecule has 2 atom stereocenters. The van der Waals surface area contributed by atoms with Gasteiger partial charge in [-0.3, -0.25) is 14.4 Å². The van der Waals surface area contributed by atoms with Gasteiger partial charge >= 0.3 is 12.1 Å². The van der Waals surface area contributed by atoms with E-state index in [9.17, 15) is 29.4 Å². The Morgan fingerprint density at radius 2 is 1.69 bits per heavy atom. The highest BCUT2D eigenvalue weighted by Crippen LogP contribution is 2.30. The van der Waals surface area contributed by atoms with Crippen LogP contribution in [0.2, 0.25) is 0 Å². The van der Waals surface area contributed by atoms with Crippen molar-refractivity contribution >= 4 is 23.9 Å². The molecular formula is C28H35N3O8. The number of carbonyl (C=O) groups excluding carboxylic acids is 4. The minimum atomic E-state index is -1.40. The quantitative estimate of drug-likeness (QED) is 0.250. The number of carbonyl (C=O) groups is 4. The first-order chi connectivity index (χ1) is 18.4. The van der Waals surface area contributed by atoms with E-state index in [0.29, 0.717) is 5.56 Å². The van der Waals surface area contributed by atoms with Crippen molar-refractivity contribution in [2.75, 3.05) is 20.2 Å². The summed E-state index contributed by atoms with van der Waals surface area (Å²) in [6.45, 7) is 8.09. The van der Waals surface area contributed by atoms with Crippen LogP contribution in [0.5, 0.6) is 11.5 Å². The average Bonchev–Trinajstić information content (AvgIpc) is 2.87. The van der Waals surface area contributed by atoms with Crippen LogP contribution < -0.4 is 10.6 Å². The molecule has 2 aromatic carbocycles. The number of phenolic OH excluding ortho intramolecular Hbond substituents is 2. The molecule has 3 amide bonds. The number of nitrogens with one attached hydrogen (secondary N) is 2. The van der Waals surface area contributed by atoms with E-state index in [2.05, 4.69) is 21.9 Å². The van der Waals surface area contributed by atoms with Gasteiger partial charge in [-0.2, -0.15) is 0 Å². The molecular weight excluding hydrogens is 506 g/mol. The number of phenols is 2. The number of methoxy groups -OCH3 is 1. The molecule has 0 aliphatic heterocycles. The molecule has 2 unspecified atom stereocenters. The topological polar surface area (TPSA) is 154 Å². The van der Waals surface area contributed by atoms with E-state index in [1.807, 2.05) is 0 Å². The maximum Gasteiger partial charge on any atom is 0.408 e. The van der Waals surface area contributed by atoms with E-state index in [0.717, 1.165) is 4.90 Å². The Morgan fingerprint density at radius 1 is 1.05 bits per heavy atom. The molecule has 0 heterocycles. The Bertz CT molecular complexity index is 1170. The van der Waals surface area contributed by atoms with Crippen molar-refractivity contribution in [3.8, 4) is 11.5 Å². The van der Waals surface area contributed by atoms with E-state index in [-0.39, 0.29) is 30.0 Å². The van der Waals surface area contributed by atoms with Crippen molar-refractivity contribution in [3.63, 3.8) is 0 Å². The molecule has 11 heteroatoms. The lowest BCUT2D eigenvalue weighted by molar-refractivity contribution is -0.144. The van der Waals surface area contributed by atoms with Crippen LogP contribution in [-0.2, 0) is 30.3 Å². The third-order valence-corrected chi connectivity index (χ3v) is 5.40. The summed E-state index contributed by atoms with van der Waals surface area (Å²) >= 11 is 0. The number of alkyl carbamates (subject to hydrolysis) is 1. The summed E-state index contributed by atoms with van der Waals surface area (Å²) in [5.74, 6) is -2.39. The van der Waals surface area contributed by atoms with E-state index in [4.69, 9.17) is 4.74 Å². The first kappa shape index (κ1) is 30.7. The zero-order valence-corrected chi connectivity index (χ0v) is 22.5. The Kier molecular flexibility index (Phi) is 10.9. The lowest BCUT2D eigenvalue weighted by Crippen LogP contribution is -2.54. The number of ether oxygens (including phenoxy) is 2. The number of aromatic hydroxyl groups is 2. The Hall–Kier alpha value is -4.54. The van der Waals surface area contributed by atoms with Crippen molar-refractivity contribution in [3.05, 3.63) is 72.3 Å². The monoisotopic (exact) mass is 541 g/mol. The first-order valence-electron chi connectivity index (χ1n) is 12.2. The molecule has 2 rings (SSSR count). The van der Waals surface area contributed by atoms with Crippen molar-refractivity contribution in [2.24, 2.45) is 0 Å². The fraction of sp³-hybridized carbons (Fsp3) is 0.357. The molecule has 11 nitrogen and oxygen atoms in total. The molecule has 0 aliphatic rings. The third-order valence-electron chi connectivity index (χ3n) is 5.40. The second-order valence-corrected chi connectivity index (χ2v) is 9.60. The summed E-state index contributed by atoms with van der Waals surface area (Å²) in [6, 6.07) is 9.42. The van der Waals surface area contributed by atoms with E-state index < -0.39 is 48.1 Å². The standard InChI is InChI=1S/C28H35N3O8/c1-6-15-31(24(20-9-7-8-10-22(20)33)25(35)29-17-23(34)38-5)26(36)21(30-27(37)39-28(2,3)4)16-18-11-13-19(32)14-12-18/h6-14,21,24,32-33H,1,15-17H2,2-5H3,(H,29,35)(H,30,37). The van der Waals surface area contributed by atoms with Crippen LogP contribution >= 0.6 is 0 Å². The van der Waals surface area contributed by atoms with Gasteiger partial charge < -0.3 is 35.2 Å². The summed E-state index contributed by atoms with van der Waals surface area (Å²) in [4.78, 5) is 52.9. The van der Waals surface area contributed by atoms with Crippen LogP contribution in [0.4, 0.5) is 4.79 Å². The zero-order valence-electron chi connectivity index (χ0n) is 22.5. The summed E-state index contributed by atoms with van der Waals surface area (Å²) in [7, 11) is 1.17. The van der Waals surface area contributed by atoms with Gasteiger partial charge in [-0.15, -0.1) is 6.58 Å². The fourth-order valence-electron chi connectivity index (χ4n) is 3.68. The number of para-hydroxylation sites is 1. The van der Waals surface area contributed by atoms with Gasteiger partial charge in [-0.1, -0.05) is 36.4 Å².